The van der Waals surface area contributed by atoms with Crippen LogP contribution in [0, 0.1) is 11.8 Å². The highest BCUT2D eigenvalue weighted by Gasteiger charge is 2.14. The highest BCUT2D eigenvalue weighted by molar-refractivity contribution is 5.53. The summed E-state index contributed by atoms with van der Waals surface area (Å²) in [4.78, 5) is 10.4. The van der Waals surface area contributed by atoms with Gasteiger partial charge in [-0.15, -0.1) is 0 Å². The monoisotopic (exact) mass is 138 g/mol. The van der Waals surface area contributed by atoms with Crippen LogP contribution in [0.3, 0.4) is 0 Å². The lowest BCUT2D eigenvalue weighted by Crippen LogP contribution is -2.12. The van der Waals surface area contributed by atoms with E-state index in [4.69, 9.17) is 0 Å². The zero-order valence-corrected chi connectivity index (χ0v) is 6.42. The molecule has 0 fully saturated rings. The van der Waals surface area contributed by atoms with E-state index in [9.17, 15) is 4.79 Å². The van der Waals surface area contributed by atoms with Crippen LogP contribution in [0.1, 0.15) is 26.2 Å². The second-order valence-electron chi connectivity index (χ2n) is 3.02. The van der Waals surface area contributed by atoms with Gasteiger partial charge in [0.1, 0.15) is 6.29 Å². The van der Waals surface area contributed by atoms with Crippen LogP contribution < -0.4 is 0 Å². The summed E-state index contributed by atoms with van der Waals surface area (Å²) in [6.45, 7) is 1.99. The molecule has 1 heteroatoms. The van der Waals surface area contributed by atoms with Crippen LogP contribution in [0.25, 0.3) is 0 Å². The number of hydrogen-bond acceptors (Lipinski definition) is 1. The summed E-state index contributed by atoms with van der Waals surface area (Å²) in [5, 5.41) is 0. The van der Waals surface area contributed by atoms with Crippen molar-refractivity contribution in [3.63, 3.8) is 0 Å². The topological polar surface area (TPSA) is 17.1 Å². The number of allylic oxidation sites excluding steroid dienone is 2. The normalized spacial score (nSPS) is 27.9. The van der Waals surface area contributed by atoms with Crippen molar-refractivity contribution in [2.45, 2.75) is 26.2 Å². The molecule has 1 rings (SSSR count). The molecule has 0 aromatic carbocycles. The SMILES string of the molecule is CC(C=O)C1C=CCCC1. The summed E-state index contributed by atoms with van der Waals surface area (Å²) in [6, 6.07) is 0. The second-order valence-corrected chi connectivity index (χ2v) is 3.02. The number of hydrogen-bond donors (Lipinski definition) is 0. The first kappa shape index (κ1) is 7.52. The standard InChI is InChI=1S/C9H14O/c1-8(7-10)9-5-3-2-4-6-9/h3,5,7-9H,2,4,6H2,1H3. The Bertz CT molecular complexity index is 138. The van der Waals surface area contributed by atoms with Gasteiger partial charge >= 0.3 is 0 Å². The van der Waals surface area contributed by atoms with Crippen molar-refractivity contribution in [1.82, 2.24) is 0 Å². The smallest absolute Gasteiger partial charge is 0.123 e. The van der Waals surface area contributed by atoms with Crippen molar-refractivity contribution >= 4 is 6.29 Å². The molecule has 1 nitrogen and oxygen atoms in total. The molecule has 0 radical (unpaired) electrons. The summed E-state index contributed by atoms with van der Waals surface area (Å²) in [6.07, 6.45) is 9.06. The fraction of sp³-hybridized carbons (Fsp3) is 0.667. The van der Waals surface area contributed by atoms with E-state index in [1.165, 1.54) is 19.3 Å². The Hall–Kier alpha value is -0.590. The molecule has 0 bridgehead atoms. The molecule has 0 saturated carbocycles. The van der Waals surface area contributed by atoms with Gasteiger partial charge in [0.15, 0.2) is 0 Å². The van der Waals surface area contributed by atoms with Gasteiger partial charge in [-0.25, -0.2) is 0 Å². The molecule has 2 atom stereocenters. The van der Waals surface area contributed by atoms with E-state index in [-0.39, 0.29) is 5.92 Å². The fourth-order valence-corrected chi connectivity index (χ4v) is 1.38. The number of rotatable bonds is 2. The summed E-state index contributed by atoms with van der Waals surface area (Å²) in [5.74, 6) is 0.739. The molecule has 0 N–H and O–H groups in total. The lowest BCUT2D eigenvalue weighted by molar-refractivity contribution is -0.111. The average molecular weight is 138 g/mol. The van der Waals surface area contributed by atoms with E-state index < -0.39 is 0 Å². The van der Waals surface area contributed by atoms with Gasteiger partial charge in [0.2, 0.25) is 0 Å². The van der Waals surface area contributed by atoms with Crippen molar-refractivity contribution in [3.8, 4) is 0 Å². The molecular weight excluding hydrogens is 124 g/mol. The molecule has 1 aliphatic carbocycles. The Balaban J connectivity index is 2.46. The first-order chi connectivity index (χ1) is 4.84. The third kappa shape index (κ3) is 1.69. The summed E-state index contributed by atoms with van der Waals surface area (Å²) in [7, 11) is 0. The first-order valence-electron chi connectivity index (χ1n) is 3.96. The van der Waals surface area contributed by atoms with Gasteiger partial charge in [0.25, 0.3) is 0 Å². The minimum Gasteiger partial charge on any atom is -0.303 e. The zero-order chi connectivity index (χ0) is 7.40. The Morgan fingerprint density at radius 1 is 1.70 bits per heavy atom. The van der Waals surface area contributed by atoms with Crippen molar-refractivity contribution in [2.75, 3.05) is 0 Å². The maximum absolute atomic E-state index is 10.4. The van der Waals surface area contributed by atoms with Crippen LogP contribution in [0.15, 0.2) is 12.2 Å². The Kier molecular flexibility index (Phi) is 2.67. The van der Waals surface area contributed by atoms with Crippen LogP contribution in [0.4, 0.5) is 0 Å². The average Bonchev–Trinajstić information content (AvgIpc) is 2.05. The minimum atomic E-state index is 0.219. The number of carbonyl (C=O) groups excluding carboxylic acids is 1. The molecular formula is C9H14O. The van der Waals surface area contributed by atoms with Crippen LogP contribution in [0.2, 0.25) is 0 Å². The third-order valence-corrected chi connectivity index (χ3v) is 2.18. The van der Waals surface area contributed by atoms with Crippen molar-refractivity contribution in [3.05, 3.63) is 12.2 Å². The van der Waals surface area contributed by atoms with Gasteiger partial charge in [-0.2, -0.15) is 0 Å². The van der Waals surface area contributed by atoms with Crippen molar-refractivity contribution < 1.29 is 4.79 Å². The van der Waals surface area contributed by atoms with Gasteiger partial charge in [0, 0.05) is 5.92 Å². The maximum Gasteiger partial charge on any atom is 0.123 e. The van der Waals surface area contributed by atoms with E-state index in [1.54, 1.807) is 0 Å². The maximum atomic E-state index is 10.4. The Morgan fingerprint density at radius 3 is 3.00 bits per heavy atom. The van der Waals surface area contributed by atoms with E-state index in [2.05, 4.69) is 12.2 Å². The first-order valence-corrected chi connectivity index (χ1v) is 3.96. The summed E-state index contributed by atoms with van der Waals surface area (Å²) < 4.78 is 0. The van der Waals surface area contributed by atoms with Gasteiger partial charge in [-0.05, 0) is 25.2 Å². The summed E-state index contributed by atoms with van der Waals surface area (Å²) in [5.41, 5.74) is 0. The van der Waals surface area contributed by atoms with Gasteiger partial charge in [0.05, 0.1) is 0 Å². The second kappa shape index (κ2) is 3.55. The predicted octanol–water partition coefficient (Wildman–Crippen LogP) is 2.18. The molecule has 56 valence electrons. The van der Waals surface area contributed by atoms with Gasteiger partial charge in [-0.3, -0.25) is 0 Å². The lowest BCUT2D eigenvalue weighted by Gasteiger charge is -2.18. The molecule has 10 heavy (non-hydrogen) atoms. The molecule has 0 aliphatic heterocycles. The molecule has 0 spiro atoms. The molecule has 2 unspecified atom stereocenters. The Morgan fingerprint density at radius 2 is 2.50 bits per heavy atom. The van der Waals surface area contributed by atoms with Crippen LogP contribution in [-0.4, -0.2) is 6.29 Å². The van der Waals surface area contributed by atoms with E-state index in [1.807, 2.05) is 6.92 Å². The largest absolute Gasteiger partial charge is 0.303 e. The highest BCUT2D eigenvalue weighted by atomic mass is 16.1. The van der Waals surface area contributed by atoms with Gasteiger partial charge < -0.3 is 4.79 Å². The Labute approximate surface area is 62.1 Å². The van der Waals surface area contributed by atoms with Crippen molar-refractivity contribution in [1.29, 1.82) is 0 Å². The highest BCUT2D eigenvalue weighted by Crippen LogP contribution is 2.22. The molecule has 0 aromatic heterocycles. The minimum absolute atomic E-state index is 0.219. The van der Waals surface area contributed by atoms with E-state index >= 15 is 0 Å². The molecule has 1 aliphatic rings. The van der Waals surface area contributed by atoms with E-state index in [0.717, 1.165) is 6.29 Å². The van der Waals surface area contributed by atoms with Crippen LogP contribution >= 0.6 is 0 Å². The quantitative estimate of drug-likeness (QED) is 0.422. The zero-order valence-electron chi connectivity index (χ0n) is 6.42. The fourth-order valence-electron chi connectivity index (χ4n) is 1.38. The molecule has 0 heterocycles. The van der Waals surface area contributed by atoms with Crippen LogP contribution in [0.5, 0.6) is 0 Å². The van der Waals surface area contributed by atoms with E-state index in [0.29, 0.717) is 5.92 Å². The predicted molar refractivity (Wildman–Crippen MR) is 41.7 cm³/mol. The molecule has 0 saturated heterocycles. The lowest BCUT2D eigenvalue weighted by atomic mass is 9.86. The number of carbonyl (C=O) groups is 1. The third-order valence-electron chi connectivity index (χ3n) is 2.18. The van der Waals surface area contributed by atoms with Crippen LogP contribution in [-0.2, 0) is 4.79 Å². The van der Waals surface area contributed by atoms with Crippen molar-refractivity contribution in [2.24, 2.45) is 11.8 Å². The summed E-state index contributed by atoms with van der Waals surface area (Å²) >= 11 is 0. The van der Waals surface area contributed by atoms with Gasteiger partial charge in [-0.1, -0.05) is 19.1 Å². The molecule has 0 aromatic rings. The number of aldehydes is 1. The molecule has 0 amide bonds.